The normalized spacial score (nSPS) is 21.5. The van der Waals surface area contributed by atoms with Crippen LogP contribution < -0.4 is 16.4 Å². The second-order valence-corrected chi connectivity index (χ2v) is 11.3. The van der Waals surface area contributed by atoms with E-state index in [0.29, 0.717) is 0 Å². The average molecular weight is 524 g/mol. The zero-order chi connectivity index (χ0) is 27.2. The Balaban J connectivity index is 2.01. The van der Waals surface area contributed by atoms with E-state index in [1.54, 1.807) is 27.7 Å². The van der Waals surface area contributed by atoms with E-state index < -0.39 is 53.7 Å². The van der Waals surface area contributed by atoms with Crippen molar-refractivity contribution in [1.29, 1.82) is 0 Å². The van der Waals surface area contributed by atoms with Crippen LogP contribution in [0.25, 0.3) is 0 Å². The molecule has 5 N–H and O–H groups in total. The van der Waals surface area contributed by atoms with Gasteiger partial charge in [-0.25, -0.2) is 0 Å². The number of carbonyl (C=O) groups is 2. The monoisotopic (exact) mass is 523 g/mol. The zero-order valence-electron chi connectivity index (χ0n) is 22.0. The number of halogens is 3. The van der Waals surface area contributed by atoms with E-state index >= 15 is 0 Å². The van der Waals surface area contributed by atoms with Crippen molar-refractivity contribution >= 4 is 11.9 Å². The van der Waals surface area contributed by atoms with Crippen LogP contribution in [-0.4, -0.2) is 72.7 Å². The molecule has 210 valence electrons. The molecule has 0 amide bonds. The van der Waals surface area contributed by atoms with Gasteiger partial charge in [0.1, 0.15) is 11.2 Å². The summed E-state index contributed by atoms with van der Waals surface area (Å²) in [5.74, 6) is -2.74. The molecule has 2 fully saturated rings. The van der Waals surface area contributed by atoms with Crippen LogP contribution in [0.3, 0.4) is 0 Å². The molecule has 0 saturated carbocycles. The maximum absolute atomic E-state index is 13.9. The van der Waals surface area contributed by atoms with Crippen molar-refractivity contribution in [2.75, 3.05) is 32.7 Å². The average Bonchev–Trinajstić information content (AvgIpc) is 2.79. The molecular weight excluding hydrogens is 479 g/mol. The van der Waals surface area contributed by atoms with Gasteiger partial charge >= 0.3 is 18.1 Å². The maximum Gasteiger partial charge on any atom is 0.417 e. The minimum absolute atomic E-state index is 0.00127. The van der Waals surface area contributed by atoms with E-state index in [1.165, 1.54) is 0 Å². The molecule has 2 heterocycles. The van der Waals surface area contributed by atoms with Gasteiger partial charge in [0.2, 0.25) is 0 Å². The number of esters is 2. The number of alkyl halides is 3. The molecular formula is C25H44F3N3O5. The highest BCUT2D eigenvalue weighted by Gasteiger charge is 2.55. The molecule has 8 nitrogen and oxygen atoms in total. The molecule has 0 spiro atoms. The Hall–Kier alpha value is -1.43. The second kappa shape index (κ2) is 12.4. The number of carbonyl (C=O) groups excluding carboxylic acids is 2. The van der Waals surface area contributed by atoms with Crippen LogP contribution in [0.2, 0.25) is 0 Å². The van der Waals surface area contributed by atoms with Gasteiger partial charge in [-0.15, -0.1) is 0 Å². The summed E-state index contributed by atoms with van der Waals surface area (Å²) in [6.07, 6.45) is -4.49. The van der Waals surface area contributed by atoms with Crippen LogP contribution >= 0.6 is 0 Å². The van der Waals surface area contributed by atoms with Crippen LogP contribution in [0.15, 0.2) is 0 Å². The molecule has 0 aromatic rings. The highest BCUT2D eigenvalue weighted by molar-refractivity contribution is 5.73. The number of aliphatic hydroxyl groups is 1. The molecule has 2 unspecified atom stereocenters. The molecule has 36 heavy (non-hydrogen) atoms. The highest BCUT2D eigenvalue weighted by Crippen LogP contribution is 2.39. The molecule has 11 heteroatoms. The summed E-state index contributed by atoms with van der Waals surface area (Å²) in [7, 11) is 0. The van der Waals surface area contributed by atoms with Gasteiger partial charge in [0.25, 0.3) is 0 Å². The highest BCUT2D eigenvalue weighted by atomic mass is 19.4. The van der Waals surface area contributed by atoms with Gasteiger partial charge < -0.3 is 30.9 Å². The van der Waals surface area contributed by atoms with Crippen molar-refractivity contribution in [1.82, 2.24) is 10.6 Å². The zero-order valence-corrected chi connectivity index (χ0v) is 22.0. The fourth-order valence-electron chi connectivity index (χ4n) is 5.19. The van der Waals surface area contributed by atoms with Gasteiger partial charge in [0.15, 0.2) is 5.60 Å². The van der Waals surface area contributed by atoms with Gasteiger partial charge in [-0.3, -0.25) is 9.59 Å². The molecule has 0 bridgehead atoms. The van der Waals surface area contributed by atoms with Crippen LogP contribution in [0.1, 0.15) is 72.6 Å². The molecule has 2 rings (SSSR count). The van der Waals surface area contributed by atoms with E-state index in [1.807, 2.05) is 0 Å². The Morgan fingerprint density at radius 1 is 0.917 bits per heavy atom. The number of nitrogens with two attached hydrogens (primary N) is 1. The molecule has 0 radical (unpaired) electrons. The largest absolute Gasteiger partial charge is 0.459 e. The van der Waals surface area contributed by atoms with Gasteiger partial charge in [0.05, 0.1) is 12.3 Å². The summed E-state index contributed by atoms with van der Waals surface area (Å²) < 4.78 is 52.8. The minimum atomic E-state index is -5.09. The molecule has 0 aromatic carbocycles. The summed E-state index contributed by atoms with van der Waals surface area (Å²) in [6.45, 7) is 9.79. The van der Waals surface area contributed by atoms with Gasteiger partial charge in [0, 0.05) is 18.4 Å². The number of ether oxygens (including phenoxy) is 2. The van der Waals surface area contributed by atoms with E-state index in [-0.39, 0.29) is 24.8 Å². The lowest BCUT2D eigenvalue weighted by molar-refractivity contribution is -0.268. The second-order valence-electron chi connectivity index (χ2n) is 11.3. The number of hydrogen-bond donors (Lipinski definition) is 4. The van der Waals surface area contributed by atoms with E-state index in [2.05, 4.69) is 10.6 Å². The first-order chi connectivity index (χ1) is 16.6. The van der Waals surface area contributed by atoms with Crippen LogP contribution in [0.5, 0.6) is 0 Å². The van der Waals surface area contributed by atoms with Crippen LogP contribution in [0, 0.1) is 17.8 Å². The van der Waals surface area contributed by atoms with Crippen molar-refractivity contribution in [2.24, 2.45) is 23.5 Å². The maximum atomic E-state index is 13.9. The summed E-state index contributed by atoms with van der Waals surface area (Å²) in [5.41, 5.74) is 0.608. The van der Waals surface area contributed by atoms with Crippen LogP contribution in [-0.2, 0) is 19.1 Å². The van der Waals surface area contributed by atoms with Crippen molar-refractivity contribution in [3.8, 4) is 0 Å². The van der Waals surface area contributed by atoms with E-state index in [0.717, 1.165) is 51.9 Å². The Morgan fingerprint density at radius 2 is 1.36 bits per heavy atom. The van der Waals surface area contributed by atoms with Crippen molar-refractivity contribution < 1.29 is 37.3 Å². The molecule has 2 aliphatic heterocycles. The SMILES string of the molecule is CC(C)(OC(=O)CC(O)(CCC(CN)C(=O)OC(C)(C)C1CCNCC1)C(F)(F)F)C1CCNCC1. The van der Waals surface area contributed by atoms with Crippen molar-refractivity contribution in [2.45, 2.75) is 95.6 Å². The minimum Gasteiger partial charge on any atom is -0.459 e. The number of rotatable bonds is 11. The lowest BCUT2D eigenvalue weighted by atomic mass is 9.83. The summed E-state index contributed by atoms with van der Waals surface area (Å²) in [4.78, 5) is 25.4. The fourth-order valence-corrected chi connectivity index (χ4v) is 5.19. The molecule has 2 atom stereocenters. The predicted molar refractivity (Wildman–Crippen MR) is 129 cm³/mol. The predicted octanol–water partition coefficient (Wildman–Crippen LogP) is 2.67. The van der Waals surface area contributed by atoms with Crippen LogP contribution in [0.4, 0.5) is 13.2 Å². The van der Waals surface area contributed by atoms with Gasteiger partial charge in [-0.05, 0) is 92.4 Å². The van der Waals surface area contributed by atoms with E-state index in [4.69, 9.17) is 15.2 Å². The molecule has 0 aliphatic carbocycles. The molecule has 2 aliphatic rings. The van der Waals surface area contributed by atoms with E-state index in [9.17, 15) is 27.9 Å². The van der Waals surface area contributed by atoms with Gasteiger partial charge in [-0.2, -0.15) is 13.2 Å². The fraction of sp³-hybridized carbons (Fsp3) is 0.920. The summed E-state index contributed by atoms with van der Waals surface area (Å²) >= 11 is 0. The first kappa shape index (κ1) is 30.8. The summed E-state index contributed by atoms with van der Waals surface area (Å²) in [5, 5.41) is 17.0. The standard InChI is InChI=1S/C25H44F3N3O5/c1-22(2,18-6-11-30-12-7-18)35-20(32)15-24(34,25(26,27)28)10-5-17(16-29)21(33)36-23(3,4)19-8-13-31-14-9-19/h17-19,30-31,34H,5-16,29H2,1-4H3. The molecule has 2 saturated heterocycles. The Morgan fingerprint density at radius 3 is 1.78 bits per heavy atom. The third-order valence-electron chi connectivity index (χ3n) is 7.87. The first-order valence-corrected chi connectivity index (χ1v) is 13.0. The Bertz CT molecular complexity index is 735. The lowest BCUT2D eigenvalue weighted by Gasteiger charge is -2.38. The number of nitrogens with one attached hydrogen (secondary N) is 2. The quantitative estimate of drug-likeness (QED) is 0.305. The third kappa shape index (κ3) is 8.29. The Labute approximate surface area is 212 Å². The summed E-state index contributed by atoms with van der Waals surface area (Å²) in [6, 6.07) is 0. The van der Waals surface area contributed by atoms with Gasteiger partial charge in [-0.1, -0.05) is 0 Å². The van der Waals surface area contributed by atoms with Crippen molar-refractivity contribution in [3.05, 3.63) is 0 Å². The number of hydrogen-bond acceptors (Lipinski definition) is 8. The third-order valence-corrected chi connectivity index (χ3v) is 7.87. The Kier molecular flexibility index (Phi) is 10.6. The smallest absolute Gasteiger partial charge is 0.417 e. The topological polar surface area (TPSA) is 123 Å². The molecule has 0 aromatic heterocycles. The lowest BCUT2D eigenvalue weighted by Crippen LogP contribution is -2.50. The number of piperidine rings is 2. The van der Waals surface area contributed by atoms with Crippen molar-refractivity contribution in [3.63, 3.8) is 0 Å². The first-order valence-electron chi connectivity index (χ1n) is 13.0.